The number of aromatic nitrogens is 3. The molecule has 2 aromatic rings. The van der Waals surface area contributed by atoms with E-state index in [-0.39, 0.29) is 0 Å². The van der Waals surface area contributed by atoms with E-state index in [9.17, 15) is 0 Å². The van der Waals surface area contributed by atoms with Gasteiger partial charge in [0.1, 0.15) is 16.5 Å². The maximum Gasteiger partial charge on any atom is 0.142 e. The molecule has 0 bridgehead atoms. The van der Waals surface area contributed by atoms with Crippen molar-refractivity contribution >= 4 is 11.3 Å². The van der Waals surface area contributed by atoms with Crippen molar-refractivity contribution < 1.29 is 4.74 Å². The molecule has 5 nitrogen and oxygen atoms in total. The smallest absolute Gasteiger partial charge is 0.142 e. The van der Waals surface area contributed by atoms with Crippen molar-refractivity contribution in [3.63, 3.8) is 0 Å². The second-order valence-electron chi connectivity index (χ2n) is 4.09. The van der Waals surface area contributed by atoms with E-state index >= 15 is 0 Å². The van der Waals surface area contributed by atoms with Gasteiger partial charge in [-0.3, -0.25) is 0 Å². The highest BCUT2D eigenvalue weighted by atomic mass is 32.1. The molecule has 19 heavy (non-hydrogen) atoms. The number of nitrogens with zero attached hydrogens (tertiary/aromatic N) is 3. The van der Waals surface area contributed by atoms with Crippen molar-refractivity contribution in [1.29, 1.82) is 0 Å². The van der Waals surface area contributed by atoms with Crippen molar-refractivity contribution in [2.45, 2.75) is 27.0 Å². The zero-order valence-corrected chi connectivity index (χ0v) is 12.3. The third-order valence-electron chi connectivity index (χ3n) is 2.59. The highest BCUT2D eigenvalue weighted by molar-refractivity contribution is 7.15. The minimum atomic E-state index is 0.529. The van der Waals surface area contributed by atoms with E-state index in [1.54, 1.807) is 24.6 Å². The van der Waals surface area contributed by atoms with Crippen LogP contribution in [0.5, 0.6) is 0 Å². The van der Waals surface area contributed by atoms with Gasteiger partial charge in [0.25, 0.3) is 0 Å². The summed E-state index contributed by atoms with van der Waals surface area (Å²) in [5.41, 5.74) is 1.86. The Morgan fingerprint density at radius 1 is 1.37 bits per heavy atom. The normalized spacial score (nSPS) is 10.9. The highest BCUT2D eigenvalue weighted by Gasteiger charge is 2.13. The molecule has 2 aromatic heterocycles. The molecule has 0 spiro atoms. The number of aryl methyl sites for hydroxylation is 1. The van der Waals surface area contributed by atoms with Gasteiger partial charge in [0.2, 0.25) is 0 Å². The number of ether oxygens (including phenoxy) is 1. The van der Waals surface area contributed by atoms with Crippen molar-refractivity contribution in [2.24, 2.45) is 0 Å². The zero-order valence-electron chi connectivity index (χ0n) is 11.4. The van der Waals surface area contributed by atoms with Gasteiger partial charge in [-0.2, -0.15) is 0 Å². The molecule has 0 fully saturated rings. The van der Waals surface area contributed by atoms with E-state index in [2.05, 4.69) is 27.2 Å². The Hall–Kier alpha value is -1.37. The van der Waals surface area contributed by atoms with Gasteiger partial charge >= 0.3 is 0 Å². The van der Waals surface area contributed by atoms with E-state index in [0.717, 1.165) is 35.3 Å². The van der Waals surface area contributed by atoms with E-state index < -0.39 is 0 Å². The summed E-state index contributed by atoms with van der Waals surface area (Å²) >= 11 is 1.66. The second kappa shape index (κ2) is 6.70. The van der Waals surface area contributed by atoms with E-state index in [1.807, 2.05) is 13.0 Å². The van der Waals surface area contributed by atoms with Gasteiger partial charge in [-0.15, -0.1) is 11.3 Å². The lowest BCUT2D eigenvalue weighted by molar-refractivity contribution is 0.181. The first kappa shape index (κ1) is 14.0. The maximum absolute atomic E-state index is 5.21. The predicted octanol–water partition coefficient (Wildman–Crippen LogP) is 2.16. The van der Waals surface area contributed by atoms with Crippen LogP contribution < -0.4 is 5.32 Å². The molecule has 0 atom stereocenters. The van der Waals surface area contributed by atoms with Crippen molar-refractivity contribution in [3.05, 3.63) is 28.7 Å². The molecule has 1 N–H and O–H groups in total. The molecule has 0 aromatic carbocycles. The number of methoxy groups -OCH3 is 1. The summed E-state index contributed by atoms with van der Waals surface area (Å²) < 4.78 is 5.21. The first-order valence-electron chi connectivity index (χ1n) is 6.22. The summed E-state index contributed by atoms with van der Waals surface area (Å²) in [7, 11) is 1.69. The number of rotatable bonds is 6. The van der Waals surface area contributed by atoms with E-state index in [0.29, 0.717) is 6.61 Å². The summed E-state index contributed by atoms with van der Waals surface area (Å²) in [6, 6.07) is 1.89. The molecule has 0 unspecified atom stereocenters. The molecule has 102 valence electrons. The largest absolute Gasteiger partial charge is 0.378 e. The molecule has 0 amide bonds. The van der Waals surface area contributed by atoms with Gasteiger partial charge in [-0.1, -0.05) is 6.92 Å². The molecule has 0 saturated heterocycles. The lowest BCUT2D eigenvalue weighted by Gasteiger charge is -2.00. The summed E-state index contributed by atoms with van der Waals surface area (Å²) in [6.45, 7) is 6.25. The Morgan fingerprint density at radius 2 is 2.21 bits per heavy atom. The van der Waals surface area contributed by atoms with Crippen LogP contribution in [0.25, 0.3) is 10.7 Å². The van der Waals surface area contributed by atoms with Crippen molar-refractivity contribution in [2.75, 3.05) is 13.7 Å². The van der Waals surface area contributed by atoms with Crippen LogP contribution >= 0.6 is 11.3 Å². The van der Waals surface area contributed by atoms with Gasteiger partial charge in [0, 0.05) is 24.7 Å². The average Bonchev–Trinajstić information content (AvgIpc) is 2.80. The molecule has 0 saturated carbocycles. The molecule has 2 heterocycles. The van der Waals surface area contributed by atoms with Gasteiger partial charge in [-0.05, 0) is 19.5 Å². The Bertz CT molecular complexity index is 541. The molecule has 0 aliphatic rings. The standard InChI is InChI=1S/C13H18N4OS/c1-4-14-7-12-11(8-18-3)17-13(19-12)10-5-6-15-9(2)16-10/h5-6,14H,4,7-8H2,1-3H3. The van der Waals surface area contributed by atoms with Gasteiger partial charge in [0.15, 0.2) is 0 Å². The van der Waals surface area contributed by atoms with Crippen LogP contribution in [0.3, 0.4) is 0 Å². The monoisotopic (exact) mass is 278 g/mol. The Labute approximate surface area is 117 Å². The van der Waals surface area contributed by atoms with E-state index in [4.69, 9.17) is 4.74 Å². The van der Waals surface area contributed by atoms with Crippen molar-refractivity contribution in [1.82, 2.24) is 20.3 Å². The predicted molar refractivity (Wildman–Crippen MR) is 76.0 cm³/mol. The maximum atomic E-state index is 5.21. The van der Waals surface area contributed by atoms with Crippen molar-refractivity contribution in [3.8, 4) is 10.7 Å². The Balaban J connectivity index is 2.30. The van der Waals surface area contributed by atoms with Crippen LogP contribution in [0.1, 0.15) is 23.3 Å². The molecule has 2 rings (SSSR count). The fraction of sp³-hybridized carbons (Fsp3) is 0.462. The van der Waals surface area contributed by atoms with Crippen LogP contribution in [-0.2, 0) is 17.9 Å². The number of nitrogens with one attached hydrogen (secondary N) is 1. The summed E-state index contributed by atoms with van der Waals surface area (Å²) in [5, 5.41) is 4.24. The zero-order chi connectivity index (χ0) is 13.7. The first-order valence-corrected chi connectivity index (χ1v) is 7.04. The second-order valence-corrected chi connectivity index (χ2v) is 5.17. The van der Waals surface area contributed by atoms with E-state index in [1.165, 1.54) is 4.88 Å². The van der Waals surface area contributed by atoms with Crippen LogP contribution in [0.4, 0.5) is 0 Å². The Kier molecular flexibility index (Phi) is 4.95. The number of thiazole rings is 1. The summed E-state index contributed by atoms with van der Waals surface area (Å²) in [4.78, 5) is 14.4. The van der Waals surface area contributed by atoms with Crippen LogP contribution in [-0.4, -0.2) is 28.6 Å². The third kappa shape index (κ3) is 3.56. The summed E-state index contributed by atoms with van der Waals surface area (Å²) in [5.74, 6) is 0.759. The SMILES string of the molecule is CCNCc1sc(-c2ccnc(C)n2)nc1COC. The quantitative estimate of drug-likeness (QED) is 0.877. The van der Waals surface area contributed by atoms with Gasteiger partial charge in [-0.25, -0.2) is 15.0 Å². The highest BCUT2D eigenvalue weighted by Crippen LogP contribution is 2.27. The van der Waals surface area contributed by atoms with Gasteiger partial charge < -0.3 is 10.1 Å². The number of hydrogen-bond acceptors (Lipinski definition) is 6. The fourth-order valence-corrected chi connectivity index (χ4v) is 2.70. The Morgan fingerprint density at radius 3 is 2.89 bits per heavy atom. The molecule has 0 radical (unpaired) electrons. The molecule has 0 aliphatic carbocycles. The number of hydrogen-bond donors (Lipinski definition) is 1. The van der Waals surface area contributed by atoms with Crippen LogP contribution in [0, 0.1) is 6.92 Å². The first-order chi connectivity index (χ1) is 9.24. The molecule has 0 aliphatic heterocycles. The minimum absolute atomic E-state index is 0.529. The lowest BCUT2D eigenvalue weighted by atomic mass is 10.3. The molecular formula is C13H18N4OS. The topological polar surface area (TPSA) is 59.9 Å². The van der Waals surface area contributed by atoms with Crippen LogP contribution in [0.2, 0.25) is 0 Å². The minimum Gasteiger partial charge on any atom is -0.378 e. The lowest BCUT2D eigenvalue weighted by Crippen LogP contribution is -2.12. The molecule has 6 heteroatoms. The van der Waals surface area contributed by atoms with Gasteiger partial charge in [0.05, 0.1) is 12.3 Å². The third-order valence-corrected chi connectivity index (χ3v) is 3.71. The summed E-state index contributed by atoms with van der Waals surface area (Å²) in [6.07, 6.45) is 1.76. The molecular weight excluding hydrogens is 260 g/mol. The average molecular weight is 278 g/mol. The fourth-order valence-electron chi connectivity index (χ4n) is 1.69. The van der Waals surface area contributed by atoms with Crippen LogP contribution in [0.15, 0.2) is 12.3 Å².